The summed E-state index contributed by atoms with van der Waals surface area (Å²) >= 11 is 0. The molecule has 2 aliphatic heterocycles. The van der Waals surface area contributed by atoms with Crippen LogP contribution in [-0.4, -0.2) is 54.3 Å². The summed E-state index contributed by atoms with van der Waals surface area (Å²) in [6, 6.07) is 22.3. The van der Waals surface area contributed by atoms with Crippen molar-refractivity contribution < 1.29 is 13.2 Å². The third-order valence-corrected chi connectivity index (χ3v) is 9.21. The molecule has 7 nitrogen and oxygen atoms in total. The Bertz CT molecular complexity index is 1260. The van der Waals surface area contributed by atoms with Crippen molar-refractivity contribution in [2.24, 2.45) is 5.92 Å². The summed E-state index contributed by atoms with van der Waals surface area (Å²) < 4.78 is 30.5. The lowest BCUT2D eigenvalue weighted by molar-refractivity contribution is -0.122. The maximum Gasteiger partial charge on any atom is 0.243 e. The third-order valence-electron chi connectivity index (χ3n) is 7.28. The number of benzene rings is 2. The standard InChI is InChI=1S/C28H34N4O3S/c33-28(29-20-24-11-7-15-30(22-24)21-23-9-3-1-4-10-23)19-27-26-14-8-16-31(26)17-18-32(27)36(34,35)25-12-5-2-6-13-25/h1-6,8-10,12-14,16,24,27H,7,11,15,17-22H2,(H,29,33). The third kappa shape index (κ3) is 5.56. The predicted molar refractivity (Wildman–Crippen MR) is 140 cm³/mol. The first-order chi connectivity index (χ1) is 17.5. The fourth-order valence-electron chi connectivity index (χ4n) is 5.47. The number of sulfonamides is 1. The fourth-order valence-corrected chi connectivity index (χ4v) is 7.09. The van der Waals surface area contributed by atoms with Crippen molar-refractivity contribution in [1.29, 1.82) is 0 Å². The molecule has 8 heteroatoms. The number of nitrogens with one attached hydrogen (secondary N) is 1. The summed E-state index contributed by atoms with van der Waals surface area (Å²) in [7, 11) is -3.72. The van der Waals surface area contributed by atoms with Gasteiger partial charge in [-0.25, -0.2) is 8.42 Å². The fraction of sp³-hybridized carbons (Fsp3) is 0.393. The zero-order valence-corrected chi connectivity index (χ0v) is 21.3. The molecule has 190 valence electrons. The lowest BCUT2D eigenvalue weighted by Gasteiger charge is -2.36. The van der Waals surface area contributed by atoms with Crippen LogP contribution in [0.5, 0.6) is 0 Å². The Morgan fingerprint density at radius 3 is 2.44 bits per heavy atom. The van der Waals surface area contributed by atoms with Gasteiger partial charge in [-0.15, -0.1) is 0 Å². The molecule has 5 rings (SSSR count). The van der Waals surface area contributed by atoms with Crippen LogP contribution >= 0.6 is 0 Å². The van der Waals surface area contributed by atoms with Crippen molar-refractivity contribution in [2.75, 3.05) is 26.2 Å². The molecule has 0 radical (unpaired) electrons. The van der Waals surface area contributed by atoms with Gasteiger partial charge < -0.3 is 9.88 Å². The molecule has 36 heavy (non-hydrogen) atoms. The molecule has 3 heterocycles. The molecule has 1 fully saturated rings. The number of carbonyl (C=O) groups excluding carboxylic acids is 1. The molecular formula is C28H34N4O3S. The van der Waals surface area contributed by atoms with Gasteiger partial charge in [0.1, 0.15) is 0 Å². The molecule has 0 saturated carbocycles. The average Bonchev–Trinajstić information content (AvgIpc) is 3.39. The average molecular weight is 507 g/mol. The number of fused-ring (bicyclic) bond motifs is 1. The largest absolute Gasteiger partial charge is 0.356 e. The van der Waals surface area contributed by atoms with Gasteiger partial charge in [-0.1, -0.05) is 48.5 Å². The Balaban J connectivity index is 1.23. The molecule has 2 atom stereocenters. The highest BCUT2D eigenvalue weighted by molar-refractivity contribution is 7.89. The maximum absolute atomic E-state index is 13.5. The van der Waals surface area contributed by atoms with Crippen LogP contribution in [0.25, 0.3) is 0 Å². The lowest BCUT2D eigenvalue weighted by Crippen LogP contribution is -2.45. The Morgan fingerprint density at radius 1 is 0.917 bits per heavy atom. The van der Waals surface area contributed by atoms with Gasteiger partial charge in [-0.2, -0.15) is 4.31 Å². The predicted octanol–water partition coefficient (Wildman–Crippen LogP) is 3.65. The second-order valence-electron chi connectivity index (χ2n) is 9.81. The molecule has 2 aromatic carbocycles. The van der Waals surface area contributed by atoms with Gasteiger partial charge in [0.25, 0.3) is 0 Å². The molecule has 1 aromatic heterocycles. The number of hydrogen-bond acceptors (Lipinski definition) is 4. The van der Waals surface area contributed by atoms with Crippen LogP contribution in [0.2, 0.25) is 0 Å². The van der Waals surface area contributed by atoms with Crippen LogP contribution in [0, 0.1) is 5.92 Å². The number of amides is 1. The number of hydrogen-bond donors (Lipinski definition) is 1. The highest BCUT2D eigenvalue weighted by atomic mass is 32.2. The van der Waals surface area contributed by atoms with Gasteiger partial charge in [0.2, 0.25) is 15.9 Å². The van der Waals surface area contributed by atoms with Gasteiger partial charge >= 0.3 is 0 Å². The van der Waals surface area contributed by atoms with Crippen molar-refractivity contribution in [3.8, 4) is 0 Å². The summed E-state index contributed by atoms with van der Waals surface area (Å²) in [5, 5.41) is 3.12. The molecule has 1 N–H and O–H groups in total. The maximum atomic E-state index is 13.5. The van der Waals surface area contributed by atoms with Crippen LogP contribution < -0.4 is 5.32 Å². The van der Waals surface area contributed by atoms with Crippen LogP contribution in [0.1, 0.15) is 36.6 Å². The van der Waals surface area contributed by atoms with E-state index >= 15 is 0 Å². The molecule has 1 saturated heterocycles. The first kappa shape index (κ1) is 24.7. The van der Waals surface area contributed by atoms with E-state index in [0.29, 0.717) is 25.6 Å². The topological polar surface area (TPSA) is 74.6 Å². The first-order valence-electron chi connectivity index (χ1n) is 12.8. The smallest absolute Gasteiger partial charge is 0.243 e. The number of likely N-dealkylation sites (tertiary alicyclic amines) is 1. The van der Waals surface area contributed by atoms with Gasteiger partial charge in [-0.3, -0.25) is 9.69 Å². The van der Waals surface area contributed by atoms with E-state index in [0.717, 1.165) is 38.2 Å². The minimum Gasteiger partial charge on any atom is -0.356 e. The van der Waals surface area contributed by atoms with E-state index in [-0.39, 0.29) is 17.2 Å². The molecule has 2 unspecified atom stereocenters. The van der Waals surface area contributed by atoms with Crippen molar-refractivity contribution in [1.82, 2.24) is 19.1 Å². The van der Waals surface area contributed by atoms with Crippen LogP contribution in [0.4, 0.5) is 0 Å². The van der Waals surface area contributed by atoms with E-state index in [2.05, 4.69) is 39.0 Å². The minimum atomic E-state index is -3.72. The van der Waals surface area contributed by atoms with Crippen molar-refractivity contribution in [3.05, 3.63) is 90.3 Å². The molecular weight excluding hydrogens is 472 g/mol. The molecule has 2 aliphatic rings. The van der Waals surface area contributed by atoms with Gasteiger partial charge in [0.05, 0.1) is 10.9 Å². The summed E-state index contributed by atoms with van der Waals surface area (Å²) in [6.45, 7) is 4.49. The van der Waals surface area contributed by atoms with E-state index in [4.69, 9.17) is 0 Å². The molecule has 0 bridgehead atoms. The van der Waals surface area contributed by atoms with E-state index in [1.165, 1.54) is 9.87 Å². The summed E-state index contributed by atoms with van der Waals surface area (Å²) in [4.78, 5) is 15.8. The number of rotatable bonds is 8. The number of aromatic nitrogens is 1. The normalized spacial score (nSPS) is 21.1. The van der Waals surface area contributed by atoms with E-state index in [1.807, 2.05) is 24.4 Å². The molecule has 0 aliphatic carbocycles. The van der Waals surface area contributed by atoms with Gasteiger partial charge in [-0.05, 0) is 55.1 Å². The quantitative estimate of drug-likeness (QED) is 0.506. The Morgan fingerprint density at radius 2 is 1.67 bits per heavy atom. The van der Waals surface area contributed by atoms with Gasteiger partial charge in [0.15, 0.2) is 0 Å². The zero-order valence-electron chi connectivity index (χ0n) is 20.5. The summed E-state index contributed by atoms with van der Waals surface area (Å²) in [5.41, 5.74) is 2.17. The Kier molecular flexibility index (Phi) is 7.55. The number of piperidine rings is 1. The number of nitrogens with zero attached hydrogens (tertiary/aromatic N) is 3. The molecule has 0 spiro atoms. The van der Waals surface area contributed by atoms with E-state index in [9.17, 15) is 13.2 Å². The highest BCUT2D eigenvalue weighted by Crippen LogP contribution is 2.34. The Labute approximate surface area is 213 Å². The summed E-state index contributed by atoms with van der Waals surface area (Å²) in [6.07, 6.45) is 4.27. The van der Waals surface area contributed by atoms with Crippen molar-refractivity contribution in [2.45, 2.75) is 43.3 Å². The van der Waals surface area contributed by atoms with Crippen LogP contribution in [0.15, 0.2) is 83.9 Å². The van der Waals surface area contributed by atoms with E-state index in [1.54, 1.807) is 30.3 Å². The van der Waals surface area contributed by atoms with Crippen molar-refractivity contribution >= 4 is 15.9 Å². The lowest BCUT2D eigenvalue weighted by atomic mass is 9.97. The second-order valence-corrected chi connectivity index (χ2v) is 11.7. The first-order valence-corrected chi connectivity index (χ1v) is 14.2. The SMILES string of the molecule is O=C(CC1c2cccn2CCN1S(=O)(=O)c1ccccc1)NCC1CCCN(Cc2ccccc2)C1. The zero-order chi connectivity index (χ0) is 25.0. The summed E-state index contributed by atoms with van der Waals surface area (Å²) in [5.74, 6) is 0.286. The monoisotopic (exact) mass is 506 g/mol. The van der Waals surface area contributed by atoms with Gasteiger partial charge in [0, 0.05) is 51.0 Å². The second kappa shape index (κ2) is 11.0. The highest BCUT2D eigenvalue weighted by Gasteiger charge is 2.37. The number of carbonyl (C=O) groups is 1. The van der Waals surface area contributed by atoms with E-state index < -0.39 is 16.1 Å². The Hall–Kier alpha value is -2.94. The van der Waals surface area contributed by atoms with Crippen molar-refractivity contribution in [3.63, 3.8) is 0 Å². The molecule has 3 aromatic rings. The minimum absolute atomic E-state index is 0.108. The van der Waals surface area contributed by atoms with Crippen LogP contribution in [-0.2, 0) is 27.9 Å². The van der Waals surface area contributed by atoms with Crippen LogP contribution in [0.3, 0.4) is 0 Å². The molecule has 1 amide bonds.